The monoisotopic (exact) mass is 286 g/mol. The van der Waals surface area contributed by atoms with Crippen molar-refractivity contribution in [1.29, 1.82) is 0 Å². The Hall–Kier alpha value is -1.35. The first-order valence-corrected chi connectivity index (χ1v) is 8.29. The molecule has 0 N–H and O–H groups in total. The Labute approximate surface area is 127 Å². The average Bonchev–Trinajstić information content (AvgIpc) is 3.14. The van der Waals surface area contributed by atoms with Crippen LogP contribution in [0.2, 0.25) is 0 Å². The lowest BCUT2D eigenvalue weighted by Gasteiger charge is -2.33. The predicted octanol–water partition coefficient (Wildman–Crippen LogP) is 2.70. The third kappa shape index (κ3) is 3.29. The minimum atomic E-state index is 0.349. The molecule has 0 spiro atoms. The van der Waals surface area contributed by atoms with Gasteiger partial charge in [0.1, 0.15) is 0 Å². The Balaban J connectivity index is 1.58. The van der Waals surface area contributed by atoms with Crippen molar-refractivity contribution >= 4 is 5.91 Å². The van der Waals surface area contributed by atoms with Crippen LogP contribution >= 0.6 is 0 Å². The first-order valence-electron chi connectivity index (χ1n) is 8.29. The molecule has 21 heavy (non-hydrogen) atoms. The van der Waals surface area contributed by atoms with Crippen molar-refractivity contribution in [3.05, 3.63) is 35.9 Å². The number of aryl methyl sites for hydroxylation is 1. The van der Waals surface area contributed by atoms with E-state index >= 15 is 0 Å². The summed E-state index contributed by atoms with van der Waals surface area (Å²) in [6, 6.07) is 11.4. The Morgan fingerprint density at radius 1 is 1.10 bits per heavy atom. The highest BCUT2D eigenvalue weighted by Gasteiger charge is 2.37. The van der Waals surface area contributed by atoms with Crippen LogP contribution in [-0.2, 0) is 11.2 Å². The third-order valence-corrected chi connectivity index (χ3v) is 5.11. The maximum absolute atomic E-state index is 12.6. The molecule has 2 atom stereocenters. The van der Waals surface area contributed by atoms with Gasteiger partial charge in [0.05, 0.1) is 0 Å². The van der Waals surface area contributed by atoms with Crippen LogP contribution in [0.1, 0.15) is 37.7 Å². The topological polar surface area (TPSA) is 23.6 Å². The molecule has 3 heteroatoms. The van der Waals surface area contributed by atoms with Crippen molar-refractivity contribution < 1.29 is 4.79 Å². The molecular formula is C18H26N2O. The standard InChI is InChI=1S/C18H26N2O/c1-19-13-5-9-16(19)17-10-6-14-20(17)18(21)12-11-15-7-3-2-4-8-15/h2-4,7-8,16-17H,5-6,9-14H2,1H3/t16-,17-/m0/s1. The van der Waals surface area contributed by atoms with Crippen LogP contribution in [0, 0.1) is 0 Å². The van der Waals surface area contributed by atoms with E-state index in [1.807, 2.05) is 18.2 Å². The van der Waals surface area contributed by atoms with Crippen molar-refractivity contribution in [2.75, 3.05) is 20.1 Å². The minimum Gasteiger partial charge on any atom is -0.338 e. The van der Waals surface area contributed by atoms with Crippen LogP contribution in [0.3, 0.4) is 0 Å². The molecule has 3 rings (SSSR count). The lowest BCUT2D eigenvalue weighted by molar-refractivity contribution is -0.132. The molecule has 2 aliphatic rings. The molecule has 1 amide bonds. The number of hydrogen-bond donors (Lipinski definition) is 0. The molecule has 0 aliphatic carbocycles. The summed E-state index contributed by atoms with van der Waals surface area (Å²) >= 11 is 0. The number of likely N-dealkylation sites (N-methyl/N-ethyl adjacent to an activating group) is 1. The van der Waals surface area contributed by atoms with Gasteiger partial charge in [0.25, 0.3) is 0 Å². The molecule has 0 aromatic heterocycles. The van der Waals surface area contributed by atoms with E-state index in [0.717, 1.165) is 13.0 Å². The number of likely N-dealkylation sites (tertiary alicyclic amines) is 2. The highest BCUT2D eigenvalue weighted by molar-refractivity contribution is 5.77. The number of benzene rings is 1. The molecule has 2 saturated heterocycles. The van der Waals surface area contributed by atoms with Crippen LogP contribution in [0.15, 0.2) is 30.3 Å². The highest BCUT2D eigenvalue weighted by Crippen LogP contribution is 2.29. The summed E-state index contributed by atoms with van der Waals surface area (Å²) in [5.74, 6) is 0.349. The molecule has 0 saturated carbocycles. The quantitative estimate of drug-likeness (QED) is 0.849. The Kier molecular flexibility index (Phi) is 4.59. The first kappa shape index (κ1) is 14.6. The number of carbonyl (C=O) groups excluding carboxylic acids is 1. The SMILES string of the molecule is CN1CCC[C@H]1[C@@H]1CCCN1C(=O)CCc1ccccc1. The summed E-state index contributed by atoms with van der Waals surface area (Å²) in [6.45, 7) is 2.15. The molecule has 1 aromatic carbocycles. The van der Waals surface area contributed by atoms with Crippen LogP contribution in [0.25, 0.3) is 0 Å². The summed E-state index contributed by atoms with van der Waals surface area (Å²) in [4.78, 5) is 17.2. The molecule has 2 heterocycles. The number of nitrogens with zero attached hydrogens (tertiary/aromatic N) is 2. The van der Waals surface area contributed by atoms with Crippen molar-refractivity contribution in [2.24, 2.45) is 0 Å². The van der Waals surface area contributed by atoms with Crippen molar-refractivity contribution in [3.63, 3.8) is 0 Å². The summed E-state index contributed by atoms with van der Waals surface area (Å²) in [5.41, 5.74) is 1.26. The average molecular weight is 286 g/mol. The third-order valence-electron chi connectivity index (χ3n) is 5.11. The molecule has 2 fully saturated rings. The number of carbonyl (C=O) groups is 1. The van der Waals surface area contributed by atoms with E-state index in [4.69, 9.17) is 0 Å². The van der Waals surface area contributed by atoms with Crippen LogP contribution < -0.4 is 0 Å². The van der Waals surface area contributed by atoms with Gasteiger partial charge in [-0.05, 0) is 51.3 Å². The van der Waals surface area contributed by atoms with Gasteiger partial charge in [0.2, 0.25) is 5.91 Å². The summed E-state index contributed by atoms with van der Waals surface area (Å²) in [6.07, 6.45) is 6.41. The first-order chi connectivity index (χ1) is 10.3. The maximum atomic E-state index is 12.6. The van der Waals surface area contributed by atoms with E-state index in [-0.39, 0.29) is 0 Å². The zero-order valence-electron chi connectivity index (χ0n) is 13.0. The zero-order chi connectivity index (χ0) is 14.7. The second-order valence-electron chi connectivity index (χ2n) is 6.47. The molecule has 0 radical (unpaired) electrons. The molecule has 114 valence electrons. The highest BCUT2D eigenvalue weighted by atomic mass is 16.2. The van der Waals surface area contributed by atoms with E-state index in [0.29, 0.717) is 24.4 Å². The van der Waals surface area contributed by atoms with Gasteiger partial charge in [-0.3, -0.25) is 4.79 Å². The van der Waals surface area contributed by atoms with Gasteiger partial charge in [0.15, 0.2) is 0 Å². The van der Waals surface area contributed by atoms with Gasteiger partial charge in [-0.25, -0.2) is 0 Å². The van der Waals surface area contributed by atoms with E-state index in [9.17, 15) is 4.79 Å². The summed E-state index contributed by atoms with van der Waals surface area (Å²) < 4.78 is 0. The normalized spacial score (nSPS) is 26.4. The van der Waals surface area contributed by atoms with Gasteiger partial charge < -0.3 is 9.80 Å². The number of amides is 1. The van der Waals surface area contributed by atoms with E-state index in [1.54, 1.807) is 0 Å². The van der Waals surface area contributed by atoms with Crippen LogP contribution in [-0.4, -0.2) is 47.9 Å². The van der Waals surface area contributed by atoms with Gasteiger partial charge in [-0.15, -0.1) is 0 Å². The van der Waals surface area contributed by atoms with Crippen molar-refractivity contribution in [2.45, 2.75) is 50.6 Å². The lowest BCUT2D eigenvalue weighted by Crippen LogP contribution is -2.47. The number of rotatable bonds is 4. The van der Waals surface area contributed by atoms with Gasteiger partial charge >= 0.3 is 0 Å². The van der Waals surface area contributed by atoms with Crippen LogP contribution in [0.5, 0.6) is 0 Å². The molecule has 0 unspecified atom stereocenters. The van der Waals surface area contributed by atoms with E-state index in [1.165, 1.54) is 37.8 Å². The Morgan fingerprint density at radius 2 is 1.81 bits per heavy atom. The zero-order valence-corrected chi connectivity index (χ0v) is 13.0. The predicted molar refractivity (Wildman–Crippen MR) is 85.2 cm³/mol. The second kappa shape index (κ2) is 6.61. The van der Waals surface area contributed by atoms with Crippen molar-refractivity contribution in [1.82, 2.24) is 9.80 Å². The summed E-state index contributed by atoms with van der Waals surface area (Å²) in [5, 5.41) is 0. The molecule has 1 aromatic rings. The van der Waals surface area contributed by atoms with Crippen LogP contribution in [0.4, 0.5) is 0 Å². The second-order valence-corrected chi connectivity index (χ2v) is 6.47. The number of hydrogen-bond acceptors (Lipinski definition) is 2. The van der Waals surface area contributed by atoms with E-state index in [2.05, 4.69) is 29.0 Å². The van der Waals surface area contributed by atoms with Crippen molar-refractivity contribution in [3.8, 4) is 0 Å². The Morgan fingerprint density at radius 3 is 2.52 bits per heavy atom. The minimum absolute atomic E-state index is 0.349. The molecule has 2 aliphatic heterocycles. The van der Waals surface area contributed by atoms with E-state index < -0.39 is 0 Å². The van der Waals surface area contributed by atoms with Gasteiger partial charge in [-0.1, -0.05) is 30.3 Å². The largest absolute Gasteiger partial charge is 0.338 e. The van der Waals surface area contributed by atoms with Gasteiger partial charge in [0, 0.05) is 25.0 Å². The maximum Gasteiger partial charge on any atom is 0.223 e. The fourth-order valence-corrected chi connectivity index (χ4v) is 3.96. The fraction of sp³-hybridized carbons (Fsp3) is 0.611. The van der Waals surface area contributed by atoms with Gasteiger partial charge in [-0.2, -0.15) is 0 Å². The smallest absolute Gasteiger partial charge is 0.223 e. The Bertz CT molecular complexity index is 473. The summed E-state index contributed by atoms with van der Waals surface area (Å²) in [7, 11) is 2.21. The molecule has 3 nitrogen and oxygen atoms in total. The lowest BCUT2D eigenvalue weighted by atomic mass is 10.0. The molecule has 0 bridgehead atoms. The molecular weight excluding hydrogens is 260 g/mol. The fourth-order valence-electron chi connectivity index (χ4n) is 3.96.